The molecule has 0 heterocycles. The van der Waals surface area contributed by atoms with Crippen molar-refractivity contribution in [2.75, 3.05) is 13.1 Å². The van der Waals surface area contributed by atoms with Gasteiger partial charge >= 0.3 is 0 Å². The van der Waals surface area contributed by atoms with Crippen LogP contribution in [0, 0.1) is 29.6 Å². The van der Waals surface area contributed by atoms with Crippen molar-refractivity contribution in [3.63, 3.8) is 0 Å². The summed E-state index contributed by atoms with van der Waals surface area (Å²) in [6.07, 6.45) is 10.9. The van der Waals surface area contributed by atoms with Gasteiger partial charge in [-0.05, 0) is 75.0 Å². The zero-order valence-corrected chi connectivity index (χ0v) is 14.7. The van der Waals surface area contributed by atoms with Crippen molar-refractivity contribution in [1.82, 2.24) is 4.90 Å². The summed E-state index contributed by atoms with van der Waals surface area (Å²) in [7, 11) is 0. The zero-order chi connectivity index (χ0) is 15.7. The fourth-order valence-corrected chi connectivity index (χ4v) is 4.47. The SMILES string of the molecule is CCCC(=O)N(CC1CC1)CC1CC1C1CCC(C)=CC1C. The molecule has 0 aromatic heterocycles. The molecule has 0 aromatic carbocycles. The van der Waals surface area contributed by atoms with Crippen LogP contribution < -0.4 is 0 Å². The Hall–Kier alpha value is -0.790. The average molecular weight is 303 g/mol. The van der Waals surface area contributed by atoms with Gasteiger partial charge in [-0.2, -0.15) is 0 Å². The van der Waals surface area contributed by atoms with E-state index in [9.17, 15) is 4.79 Å². The highest BCUT2D eigenvalue weighted by atomic mass is 16.2. The van der Waals surface area contributed by atoms with E-state index >= 15 is 0 Å². The topological polar surface area (TPSA) is 20.3 Å². The Bertz CT molecular complexity index is 437. The molecule has 3 aliphatic carbocycles. The van der Waals surface area contributed by atoms with Gasteiger partial charge in [-0.25, -0.2) is 0 Å². The van der Waals surface area contributed by atoms with E-state index in [-0.39, 0.29) is 0 Å². The molecular formula is C20H33NO. The fraction of sp³-hybridized carbons (Fsp3) is 0.850. The molecule has 2 saturated carbocycles. The number of hydrogen-bond acceptors (Lipinski definition) is 1. The van der Waals surface area contributed by atoms with E-state index in [1.807, 2.05) is 0 Å². The van der Waals surface area contributed by atoms with Crippen LogP contribution >= 0.6 is 0 Å². The molecule has 0 bridgehead atoms. The maximum atomic E-state index is 12.4. The molecule has 3 rings (SSSR count). The molecule has 2 heteroatoms. The van der Waals surface area contributed by atoms with Gasteiger partial charge in [0.15, 0.2) is 0 Å². The first-order chi connectivity index (χ1) is 10.6. The second-order valence-corrected chi connectivity index (χ2v) is 8.23. The van der Waals surface area contributed by atoms with Gasteiger partial charge in [-0.3, -0.25) is 4.79 Å². The van der Waals surface area contributed by atoms with E-state index in [0.29, 0.717) is 5.91 Å². The Labute approximate surface area is 136 Å². The monoisotopic (exact) mass is 303 g/mol. The lowest BCUT2D eigenvalue weighted by Gasteiger charge is -2.28. The Morgan fingerprint density at radius 2 is 2.00 bits per heavy atom. The second kappa shape index (κ2) is 6.76. The molecule has 1 amide bonds. The van der Waals surface area contributed by atoms with Crippen molar-refractivity contribution in [2.45, 2.75) is 65.7 Å². The zero-order valence-electron chi connectivity index (χ0n) is 14.7. The first kappa shape index (κ1) is 16.1. The van der Waals surface area contributed by atoms with Gasteiger partial charge in [-0.1, -0.05) is 25.5 Å². The standard InChI is InChI=1S/C20H33NO/c1-4-5-20(22)21(12-16-7-8-16)13-17-11-19(17)18-9-6-14(2)10-15(18)3/h10,15-19H,4-9,11-13H2,1-3H3. The lowest BCUT2D eigenvalue weighted by molar-refractivity contribution is -0.131. The van der Waals surface area contributed by atoms with Crippen molar-refractivity contribution < 1.29 is 4.79 Å². The smallest absolute Gasteiger partial charge is 0.222 e. The summed E-state index contributed by atoms with van der Waals surface area (Å²) in [6, 6.07) is 0. The number of carbonyl (C=O) groups is 1. The highest BCUT2D eigenvalue weighted by Crippen LogP contribution is 2.51. The van der Waals surface area contributed by atoms with Crippen LogP contribution in [-0.2, 0) is 4.79 Å². The highest BCUT2D eigenvalue weighted by Gasteiger charge is 2.46. The molecule has 0 saturated heterocycles. The van der Waals surface area contributed by atoms with Crippen molar-refractivity contribution in [2.24, 2.45) is 29.6 Å². The third-order valence-electron chi connectivity index (χ3n) is 6.07. The molecule has 124 valence electrons. The number of allylic oxidation sites excluding steroid dienone is 2. The number of nitrogens with zero attached hydrogens (tertiary/aromatic N) is 1. The van der Waals surface area contributed by atoms with Crippen LogP contribution in [0.5, 0.6) is 0 Å². The van der Waals surface area contributed by atoms with E-state index in [1.165, 1.54) is 32.1 Å². The van der Waals surface area contributed by atoms with Crippen molar-refractivity contribution in [3.8, 4) is 0 Å². The molecule has 0 N–H and O–H groups in total. The molecule has 2 fully saturated rings. The summed E-state index contributed by atoms with van der Waals surface area (Å²) in [6.45, 7) is 8.88. The average Bonchev–Trinajstić information content (AvgIpc) is 3.36. The van der Waals surface area contributed by atoms with E-state index < -0.39 is 0 Å². The van der Waals surface area contributed by atoms with Gasteiger partial charge < -0.3 is 4.90 Å². The summed E-state index contributed by atoms with van der Waals surface area (Å²) in [5.41, 5.74) is 1.58. The molecular weight excluding hydrogens is 270 g/mol. The fourth-order valence-electron chi connectivity index (χ4n) is 4.47. The third kappa shape index (κ3) is 3.94. The molecule has 0 aromatic rings. The van der Waals surface area contributed by atoms with E-state index in [1.54, 1.807) is 5.57 Å². The quantitative estimate of drug-likeness (QED) is 0.627. The van der Waals surface area contributed by atoms with Gasteiger partial charge in [-0.15, -0.1) is 0 Å². The van der Waals surface area contributed by atoms with Crippen LogP contribution in [0.4, 0.5) is 0 Å². The third-order valence-corrected chi connectivity index (χ3v) is 6.07. The summed E-state index contributed by atoms with van der Waals surface area (Å²) in [4.78, 5) is 14.6. The van der Waals surface area contributed by atoms with Gasteiger partial charge in [0, 0.05) is 19.5 Å². The van der Waals surface area contributed by atoms with Gasteiger partial charge in [0.05, 0.1) is 0 Å². The van der Waals surface area contributed by atoms with Crippen molar-refractivity contribution in [1.29, 1.82) is 0 Å². The minimum atomic E-state index is 0.410. The van der Waals surface area contributed by atoms with Crippen LogP contribution in [-0.4, -0.2) is 23.9 Å². The van der Waals surface area contributed by atoms with Crippen LogP contribution in [0.15, 0.2) is 11.6 Å². The summed E-state index contributed by atoms with van der Waals surface area (Å²) < 4.78 is 0. The Morgan fingerprint density at radius 1 is 1.23 bits per heavy atom. The molecule has 3 aliphatic rings. The van der Waals surface area contributed by atoms with Crippen LogP contribution in [0.25, 0.3) is 0 Å². The lowest BCUT2D eigenvalue weighted by atomic mass is 9.78. The first-order valence-electron chi connectivity index (χ1n) is 9.53. The van der Waals surface area contributed by atoms with Crippen molar-refractivity contribution >= 4 is 5.91 Å². The maximum Gasteiger partial charge on any atom is 0.222 e. The Morgan fingerprint density at radius 3 is 2.64 bits per heavy atom. The summed E-state index contributed by atoms with van der Waals surface area (Å²) in [5, 5.41) is 0. The minimum absolute atomic E-state index is 0.410. The van der Waals surface area contributed by atoms with Gasteiger partial charge in [0.2, 0.25) is 5.91 Å². The minimum Gasteiger partial charge on any atom is -0.342 e. The van der Waals surface area contributed by atoms with Gasteiger partial charge in [0.1, 0.15) is 0 Å². The number of carbonyl (C=O) groups excluding carboxylic acids is 1. The van der Waals surface area contributed by atoms with Gasteiger partial charge in [0.25, 0.3) is 0 Å². The van der Waals surface area contributed by atoms with Crippen LogP contribution in [0.2, 0.25) is 0 Å². The second-order valence-electron chi connectivity index (χ2n) is 8.23. The lowest BCUT2D eigenvalue weighted by Crippen LogP contribution is -2.35. The summed E-state index contributed by atoms with van der Waals surface area (Å²) >= 11 is 0. The molecule has 0 spiro atoms. The molecule has 0 aliphatic heterocycles. The number of hydrogen-bond donors (Lipinski definition) is 0. The Kier molecular flexibility index (Phi) is 4.94. The van der Waals surface area contributed by atoms with E-state index in [2.05, 4.69) is 31.7 Å². The molecule has 4 unspecified atom stereocenters. The molecule has 4 atom stereocenters. The van der Waals surface area contributed by atoms with Crippen LogP contribution in [0.3, 0.4) is 0 Å². The normalized spacial score (nSPS) is 34.2. The number of amides is 1. The molecule has 2 nitrogen and oxygen atoms in total. The highest BCUT2D eigenvalue weighted by molar-refractivity contribution is 5.76. The van der Waals surface area contributed by atoms with E-state index in [4.69, 9.17) is 0 Å². The largest absolute Gasteiger partial charge is 0.342 e. The predicted octanol–water partition coefficient (Wildman–Crippen LogP) is 4.65. The summed E-state index contributed by atoms with van der Waals surface area (Å²) in [5.74, 6) is 4.52. The number of rotatable bonds is 7. The predicted molar refractivity (Wildman–Crippen MR) is 91.5 cm³/mol. The van der Waals surface area contributed by atoms with E-state index in [0.717, 1.165) is 55.5 Å². The molecule has 22 heavy (non-hydrogen) atoms. The first-order valence-corrected chi connectivity index (χ1v) is 9.53. The maximum absolute atomic E-state index is 12.4. The van der Waals surface area contributed by atoms with Crippen molar-refractivity contribution in [3.05, 3.63) is 11.6 Å². The van der Waals surface area contributed by atoms with Crippen LogP contribution in [0.1, 0.15) is 65.7 Å². The molecule has 0 radical (unpaired) electrons. The Balaban J connectivity index is 1.52.